The van der Waals surface area contributed by atoms with Crippen molar-refractivity contribution in [2.75, 3.05) is 17.3 Å². The van der Waals surface area contributed by atoms with Crippen LogP contribution in [-0.4, -0.2) is 21.4 Å². The minimum Gasteiger partial charge on any atom is -0.364 e. The molecular weight excluding hydrogens is 260 g/mol. The number of nitrogens with two attached hydrogens (primary N) is 1. The Bertz CT molecular complexity index is 590. The molecule has 0 bridgehead atoms. The van der Waals surface area contributed by atoms with Crippen molar-refractivity contribution >= 4 is 17.3 Å². The van der Waals surface area contributed by atoms with Crippen LogP contribution in [0.4, 0.5) is 17.3 Å². The molecule has 8 heteroatoms. The van der Waals surface area contributed by atoms with Gasteiger partial charge in [-0.15, -0.1) is 0 Å². The molecule has 0 aliphatic heterocycles. The molecule has 0 aliphatic rings. The number of aromatic nitrogens is 2. The fraction of sp³-hybridized carbons (Fsp3) is 0.167. The van der Waals surface area contributed by atoms with Gasteiger partial charge in [0.15, 0.2) is 0 Å². The summed E-state index contributed by atoms with van der Waals surface area (Å²) < 4.78 is 0. The standard InChI is InChI=1S/C12H14N6O2/c13-17-11-2-1-10(18(19)20)12(16-11)15-8-5-9-3-6-14-7-4-9/h1-4,6-7H,5,8,13H2,(H2,15,16,17). The first-order valence-electron chi connectivity index (χ1n) is 5.95. The molecule has 2 rings (SSSR count). The quantitative estimate of drug-likeness (QED) is 0.413. The number of hydrogen-bond acceptors (Lipinski definition) is 7. The Kier molecular flexibility index (Phi) is 4.40. The number of nitrogen functional groups attached to an aromatic ring is 1. The lowest BCUT2D eigenvalue weighted by molar-refractivity contribution is -0.384. The SMILES string of the molecule is NNc1ccc([N+](=O)[O-])c(NCCc2ccncc2)n1. The minimum absolute atomic E-state index is 0.0845. The van der Waals surface area contributed by atoms with Gasteiger partial charge in [0.05, 0.1) is 4.92 Å². The van der Waals surface area contributed by atoms with E-state index in [9.17, 15) is 10.1 Å². The van der Waals surface area contributed by atoms with Crippen LogP contribution in [0.3, 0.4) is 0 Å². The molecule has 2 aromatic rings. The highest BCUT2D eigenvalue weighted by atomic mass is 16.6. The van der Waals surface area contributed by atoms with E-state index in [1.54, 1.807) is 12.4 Å². The highest BCUT2D eigenvalue weighted by Crippen LogP contribution is 2.23. The lowest BCUT2D eigenvalue weighted by atomic mass is 10.2. The summed E-state index contributed by atoms with van der Waals surface area (Å²) in [6.07, 6.45) is 4.12. The minimum atomic E-state index is -0.484. The average Bonchev–Trinajstić information content (AvgIpc) is 2.48. The molecule has 0 spiro atoms. The van der Waals surface area contributed by atoms with E-state index in [4.69, 9.17) is 5.84 Å². The fourth-order valence-corrected chi connectivity index (χ4v) is 1.68. The van der Waals surface area contributed by atoms with Crippen LogP contribution in [0.1, 0.15) is 5.56 Å². The molecular formula is C12H14N6O2. The number of hydrogen-bond donors (Lipinski definition) is 3. The Hall–Kier alpha value is -2.74. The van der Waals surface area contributed by atoms with E-state index >= 15 is 0 Å². The van der Waals surface area contributed by atoms with Gasteiger partial charge in [0.1, 0.15) is 5.82 Å². The van der Waals surface area contributed by atoms with E-state index in [0.717, 1.165) is 5.56 Å². The van der Waals surface area contributed by atoms with Crippen LogP contribution in [0, 0.1) is 10.1 Å². The normalized spacial score (nSPS) is 10.1. The highest BCUT2D eigenvalue weighted by Gasteiger charge is 2.15. The summed E-state index contributed by atoms with van der Waals surface area (Å²) in [5.41, 5.74) is 3.36. The summed E-state index contributed by atoms with van der Waals surface area (Å²) >= 11 is 0. The summed E-state index contributed by atoms with van der Waals surface area (Å²) in [5.74, 6) is 5.80. The Morgan fingerprint density at radius 1 is 1.25 bits per heavy atom. The summed E-state index contributed by atoms with van der Waals surface area (Å²) in [6, 6.07) is 6.59. The van der Waals surface area contributed by atoms with Crippen molar-refractivity contribution in [2.24, 2.45) is 5.84 Å². The number of nitrogens with one attached hydrogen (secondary N) is 2. The molecule has 4 N–H and O–H groups in total. The molecule has 0 radical (unpaired) electrons. The molecule has 20 heavy (non-hydrogen) atoms. The van der Waals surface area contributed by atoms with Crippen molar-refractivity contribution in [3.8, 4) is 0 Å². The maximum atomic E-state index is 10.9. The van der Waals surface area contributed by atoms with E-state index in [-0.39, 0.29) is 11.5 Å². The van der Waals surface area contributed by atoms with Gasteiger partial charge < -0.3 is 10.7 Å². The van der Waals surface area contributed by atoms with Crippen molar-refractivity contribution in [2.45, 2.75) is 6.42 Å². The second-order valence-electron chi connectivity index (χ2n) is 4.00. The van der Waals surface area contributed by atoms with E-state index < -0.39 is 4.92 Å². The molecule has 0 aromatic carbocycles. The van der Waals surface area contributed by atoms with E-state index in [2.05, 4.69) is 20.7 Å². The lowest BCUT2D eigenvalue weighted by Crippen LogP contribution is -2.12. The molecule has 8 nitrogen and oxygen atoms in total. The Morgan fingerprint density at radius 2 is 2.00 bits per heavy atom. The molecule has 0 saturated carbocycles. The number of nitrogens with zero attached hydrogens (tertiary/aromatic N) is 3. The van der Waals surface area contributed by atoms with Gasteiger partial charge in [-0.05, 0) is 30.2 Å². The molecule has 0 fully saturated rings. The summed E-state index contributed by atoms with van der Waals surface area (Å²) in [6.45, 7) is 0.520. The second-order valence-corrected chi connectivity index (χ2v) is 4.00. The van der Waals surface area contributed by atoms with Crippen molar-refractivity contribution < 1.29 is 4.92 Å². The molecule has 0 unspecified atom stereocenters. The summed E-state index contributed by atoms with van der Waals surface area (Å²) in [7, 11) is 0. The molecule has 0 amide bonds. The van der Waals surface area contributed by atoms with Crippen molar-refractivity contribution in [1.29, 1.82) is 0 Å². The van der Waals surface area contributed by atoms with Crippen molar-refractivity contribution in [3.05, 3.63) is 52.3 Å². The van der Waals surface area contributed by atoms with E-state index in [1.165, 1.54) is 12.1 Å². The van der Waals surface area contributed by atoms with E-state index in [0.29, 0.717) is 18.8 Å². The Morgan fingerprint density at radius 3 is 2.65 bits per heavy atom. The zero-order valence-electron chi connectivity index (χ0n) is 10.6. The number of anilines is 2. The lowest BCUT2D eigenvalue weighted by Gasteiger charge is -2.08. The third-order valence-electron chi connectivity index (χ3n) is 2.67. The van der Waals surface area contributed by atoms with Crippen LogP contribution in [0.25, 0.3) is 0 Å². The van der Waals surface area contributed by atoms with Gasteiger partial charge in [-0.2, -0.15) is 0 Å². The number of hydrazine groups is 1. The average molecular weight is 274 g/mol. The van der Waals surface area contributed by atoms with Crippen LogP contribution < -0.4 is 16.6 Å². The maximum Gasteiger partial charge on any atom is 0.311 e. The van der Waals surface area contributed by atoms with Gasteiger partial charge in [-0.1, -0.05) is 0 Å². The fourth-order valence-electron chi connectivity index (χ4n) is 1.68. The predicted octanol–water partition coefficient (Wildman–Crippen LogP) is 1.32. The van der Waals surface area contributed by atoms with Crippen LogP contribution >= 0.6 is 0 Å². The summed E-state index contributed by atoms with van der Waals surface area (Å²) in [5, 5.41) is 13.9. The van der Waals surface area contributed by atoms with Gasteiger partial charge in [-0.25, -0.2) is 10.8 Å². The van der Waals surface area contributed by atoms with Crippen LogP contribution in [0.5, 0.6) is 0 Å². The third kappa shape index (κ3) is 3.39. The maximum absolute atomic E-state index is 10.9. The highest BCUT2D eigenvalue weighted by molar-refractivity contribution is 5.60. The number of pyridine rings is 2. The smallest absolute Gasteiger partial charge is 0.311 e. The number of rotatable bonds is 6. The molecule has 2 aromatic heterocycles. The molecule has 104 valence electrons. The molecule has 0 aliphatic carbocycles. The first kappa shape index (κ1) is 13.7. The third-order valence-corrected chi connectivity index (χ3v) is 2.67. The Labute approximate surface area is 115 Å². The largest absolute Gasteiger partial charge is 0.364 e. The van der Waals surface area contributed by atoms with Gasteiger partial charge in [0, 0.05) is 25.0 Å². The second kappa shape index (κ2) is 6.43. The topological polar surface area (TPSA) is 119 Å². The van der Waals surface area contributed by atoms with Gasteiger partial charge in [-0.3, -0.25) is 15.1 Å². The zero-order chi connectivity index (χ0) is 14.4. The molecule has 0 saturated heterocycles. The van der Waals surface area contributed by atoms with Crippen LogP contribution in [0.2, 0.25) is 0 Å². The van der Waals surface area contributed by atoms with Crippen molar-refractivity contribution in [3.63, 3.8) is 0 Å². The van der Waals surface area contributed by atoms with Crippen LogP contribution in [-0.2, 0) is 6.42 Å². The predicted molar refractivity (Wildman–Crippen MR) is 75.1 cm³/mol. The van der Waals surface area contributed by atoms with Crippen LogP contribution in [0.15, 0.2) is 36.7 Å². The zero-order valence-corrected chi connectivity index (χ0v) is 10.6. The van der Waals surface area contributed by atoms with Gasteiger partial charge in [0.2, 0.25) is 5.82 Å². The first-order chi connectivity index (χ1) is 9.70. The number of nitro groups is 1. The van der Waals surface area contributed by atoms with Gasteiger partial charge >= 0.3 is 5.69 Å². The monoisotopic (exact) mass is 274 g/mol. The van der Waals surface area contributed by atoms with Crippen molar-refractivity contribution in [1.82, 2.24) is 9.97 Å². The Balaban J connectivity index is 2.06. The van der Waals surface area contributed by atoms with E-state index in [1.807, 2.05) is 12.1 Å². The summed E-state index contributed by atoms with van der Waals surface area (Å²) in [4.78, 5) is 18.4. The van der Waals surface area contributed by atoms with Gasteiger partial charge in [0.25, 0.3) is 0 Å². The molecule has 0 atom stereocenters. The molecule has 2 heterocycles. The first-order valence-corrected chi connectivity index (χ1v) is 5.95.